The Morgan fingerprint density at radius 3 is 2.14 bits per heavy atom. The number of alkyl halides is 6. The molecule has 196 valence electrons. The molecule has 0 radical (unpaired) electrons. The molecule has 0 unspecified atom stereocenters. The molecular formula is C22H21F7N4O3. The summed E-state index contributed by atoms with van der Waals surface area (Å²) >= 11 is 0. The second-order valence-electron chi connectivity index (χ2n) is 7.81. The summed E-state index contributed by atoms with van der Waals surface area (Å²) in [6.45, 7) is 1.54. The number of rotatable bonds is 4. The molecular weight excluding hydrogens is 501 g/mol. The summed E-state index contributed by atoms with van der Waals surface area (Å²) in [5, 5.41) is 14.9. The van der Waals surface area contributed by atoms with Crippen molar-refractivity contribution >= 4 is 0 Å². The summed E-state index contributed by atoms with van der Waals surface area (Å²) in [4.78, 5) is 15.9. The van der Waals surface area contributed by atoms with Crippen molar-refractivity contribution in [1.82, 2.24) is 20.1 Å². The van der Waals surface area contributed by atoms with E-state index in [2.05, 4.69) is 20.1 Å². The highest BCUT2D eigenvalue weighted by atomic mass is 19.4. The van der Waals surface area contributed by atoms with Gasteiger partial charge in [0.1, 0.15) is 11.6 Å². The maximum absolute atomic E-state index is 13.0. The Bertz CT molecular complexity index is 1160. The van der Waals surface area contributed by atoms with E-state index in [0.29, 0.717) is 37.7 Å². The highest BCUT2D eigenvalue weighted by molar-refractivity contribution is 5.33. The number of hydrogen-bond donors (Lipinski definition) is 3. The molecule has 1 aliphatic rings. The fourth-order valence-corrected chi connectivity index (χ4v) is 3.50. The normalized spacial score (nSPS) is 16.9. The minimum Gasteiger partial charge on any atom is -0.392 e. The van der Waals surface area contributed by atoms with Gasteiger partial charge in [0.05, 0.1) is 43.5 Å². The number of H-pyrrole nitrogens is 2. The molecule has 3 N–H and O–H groups in total. The Kier molecular flexibility index (Phi) is 8.53. The van der Waals surface area contributed by atoms with Crippen molar-refractivity contribution in [2.75, 3.05) is 19.8 Å². The molecule has 1 aliphatic heterocycles. The second-order valence-corrected chi connectivity index (χ2v) is 7.81. The van der Waals surface area contributed by atoms with Gasteiger partial charge in [-0.15, -0.1) is 0 Å². The van der Waals surface area contributed by atoms with Gasteiger partial charge in [0.25, 0.3) is 0 Å². The monoisotopic (exact) mass is 522 g/mol. The first-order valence-electron chi connectivity index (χ1n) is 10.5. The molecule has 0 saturated carbocycles. The van der Waals surface area contributed by atoms with Gasteiger partial charge in [-0.1, -0.05) is 12.1 Å². The number of benzene rings is 2. The SMILES string of the molecule is O=c1[nH]nc(CN2CCOC[C@@H]2c2ccc(F)cc2)[nH]1.OCc1cc(C(F)(F)F)cc(C(F)(F)F)c1. The molecule has 1 saturated heterocycles. The number of aromatic nitrogens is 3. The summed E-state index contributed by atoms with van der Waals surface area (Å²) in [5.74, 6) is 0.331. The van der Waals surface area contributed by atoms with Crippen LogP contribution in [0.5, 0.6) is 0 Å². The van der Waals surface area contributed by atoms with E-state index in [0.717, 1.165) is 12.1 Å². The lowest BCUT2D eigenvalue weighted by Crippen LogP contribution is -2.39. The van der Waals surface area contributed by atoms with Crippen LogP contribution in [0, 0.1) is 5.82 Å². The van der Waals surface area contributed by atoms with Crippen LogP contribution in [0.15, 0.2) is 47.3 Å². The van der Waals surface area contributed by atoms with Crippen molar-refractivity contribution in [2.24, 2.45) is 0 Å². The summed E-state index contributed by atoms with van der Waals surface area (Å²) in [7, 11) is 0. The first kappa shape index (κ1) is 27.4. The average Bonchev–Trinajstić information content (AvgIpc) is 3.23. The number of nitrogens with one attached hydrogen (secondary N) is 2. The minimum absolute atomic E-state index is 0.0131. The van der Waals surface area contributed by atoms with E-state index in [9.17, 15) is 35.5 Å². The van der Waals surface area contributed by atoms with E-state index in [-0.39, 0.29) is 23.6 Å². The molecule has 0 bridgehead atoms. The lowest BCUT2D eigenvalue weighted by molar-refractivity contribution is -0.143. The van der Waals surface area contributed by atoms with Gasteiger partial charge in [-0.05, 0) is 41.5 Å². The standard InChI is InChI=1S/C13H15FN4O2.C9H6F6O/c14-10-3-1-9(2-4-10)11-8-20-6-5-18(11)7-12-15-13(19)17-16-12;10-8(11,12)6-1-5(4-16)2-7(3-6)9(13,14)15/h1-4,11H,5-8H2,(H2,15,16,17,19);1-3,16H,4H2/t11-;/m1./s1. The predicted octanol–water partition coefficient (Wildman–Crippen LogP) is 4.03. The van der Waals surface area contributed by atoms with Gasteiger partial charge in [0.2, 0.25) is 0 Å². The Morgan fingerprint density at radius 2 is 1.64 bits per heavy atom. The maximum Gasteiger partial charge on any atom is 0.416 e. The maximum atomic E-state index is 13.0. The smallest absolute Gasteiger partial charge is 0.392 e. The zero-order chi connectivity index (χ0) is 26.5. The summed E-state index contributed by atoms with van der Waals surface area (Å²) in [5.41, 5.74) is -2.60. The number of aliphatic hydroxyl groups excluding tert-OH is 1. The van der Waals surface area contributed by atoms with Gasteiger partial charge >= 0.3 is 18.0 Å². The molecule has 14 heteroatoms. The van der Waals surface area contributed by atoms with Crippen molar-refractivity contribution in [1.29, 1.82) is 0 Å². The van der Waals surface area contributed by atoms with Crippen molar-refractivity contribution < 1.29 is 40.6 Å². The minimum atomic E-state index is -4.87. The lowest BCUT2D eigenvalue weighted by atomic mass is 10.0. The van der Waals surface area contributed by atoms with Crippen molar-refractivity contribution in [3.63, 3.8) is 0 Å². The zero-order valence-corrected chi connectivity index (χ0v) is 18.5. The van der Waals surface area contributed by atoms with Gasteiger partial charge in [0, 0.05) is 6.54 Å². The molecule has 2 aromatic carbocycles. The number of ether oxygens (including phenoxy) is 1. The topological polar surface area (TPSA) is 94.2 Å². The molecule has 1 atom stereocenters. The van der Waals surface area contributed by atoms with Crippen LogP contribution in [-0.4, -0.2) is 44.9 Å². The first-order valence-corrected chi connectivity index (χ1v) is 10.5. The average molecular weight is 522 g/mol. The zero-order valence-electron chi connectivity index (χ0n) is 18.5. The largest absolute Gasteiger partial charge is 0.416 e. The third-order valence-corrected chi connectivity index (χ3v) is 5.23. The number of aliphatic hydroxyl groups is 1. The molecule has 0 amide bonds. The molecule has 36 heavy (non-hydrogen) atoms. The number of halogens is 7. The van der Waals surface area contributed by atoms with Gasteiger partial charge in [-0.2, -0.15) is 31.4 Å². The van der Waals surface area contributed by atoms with Crippen molar-refractivity contribution in [3.05, 3.63) is 86.8 Å². The summed E-state index contributed by atoms with van der Waals surface area (Å²) in [6.07, 6.45) is -9.74. The Labute approximate surface area is 199 Å². The van der Waals surface area contributed by atoms with Gasteiger partial charge in [-0.3, -0.25) is 9.88 Å². The van der Waals surface area contributed by atoms with E-state index in [1.54, 1.807) is 12.1 Å². The molecule has 0 aliphatic carbocycles. The van der Waals surface area contributed by atoms with Crippen LogP contribution in [0.25, 0.3) is 0 Å². The van der Waals surface area contributed by atoms with E-state index >= 15 is 0 Å². The highest BCUT2D eigenvalue weighted by Gasteiger charge is 2.36. The number of morpholine rings is 1. The third-order valence-electron chi connectivity index (χ3n) is 5.23. The van der Waals surface area contributed by atoms with E-state index < -0.39 is 35.6 Å². The van der Waals surface area contributed by atoms with E-state index in [1.807, 2.05) is 0 Å². The molecule has 1 aromatic heterocycles. The highest BCUT2D eigenvalue weighted by Crippen LogP contribution is 2.36. The summed E-state index contributed by atoms with van der Waals surface area (Å²) in [6, 6.07) is 7.41. The van der Waals surface area contributed by atoms with Crippen molar-refractivity contribution in [2.45, 2.75) is 31.5 Å². The second kappa shape index (κ2) is 11.2. The van der Waals surface area contributed by atoms with Gasteiger partial charge < -0.3 is 9.84 Å². The Balaban J connectivity index is 0.000000207. The van der Waals surface area contributed by atoms with Crippen LogP contribution < -0.4 is 5.69 Å². The molecule has 0 spiro atoms. The molecule has 4 rings (SSSR count). The number of nitrogens with zero attached hydrogens (tertiary/aromatic N) is 2. The third kappa shape index (κ3) is 7.38. The fourth-order valence-electron chi connectivity index (χ4n) is 3.50. The summed E-state index contributed by atoms with van der Waals surface area (Å²) < 4.78 is 91.8. The number of hydrogen-bond acceptors (Lipinski definition) is 5. The van der Waals surface area contributed by atoms with Gasteiger partial charge in [0.15, 0.2) is 0 Å². The van der Waals surface area contributed by atoms with Crippen LogP contribution in [0.1, 0.15) is 34.1 Å². The van der Waals surface area contributed by atoms with E-state index in [1.165, 1.54) is 12.1 Å². The molecule has 1 fully saturated rings. The van der Waals surface area contributed by atoms with Gasteiger partial charge in [-0.25, -0.2) is 14.3 Å². The fraction of sp³-hybridized carbons (Fsp3) is 0.364. The molecule has 7 nitrogen and oxygen atoms in total. The Hall–Kier alpha value is -3.23. The van der Waals surface area contributed by atoms with E-state index in [4.69, 9.17) is 9.84 Å². The predicted molar refractivity (Wildman–Crippen MR) is 112 cm³/mol. The number of aromatic amines is 2. The molecule has 2 heterocycles. The Morgan fingerprint density at radius 1 is 1.03 bits per heavy atom. The first-order chi connectivity index (χ1) is 16.9. The van der Waals surface area contributed by atoms with Crippen LogP contribution >= 0.6 is 0 Å². The molecule has 3 aromatic rings. The van der Waals surface area contributed by atoms with Crippen LogP contribution in [0.3, 0.4) is 0 Å². The quantitative estimate of drug-likeness (QED) is 0.450. The van der Waals surface area contributed by atoms with Crippen LogP contribution in [-0.2, 0) is 30.2 Å². The van der Waals surface area contributed by atoms with Crippen LogP contribution in [0.2, 0.25) is 0 Å². The van der Waals surface area contributed by atoms with Crippen molar-refractivity contribution in [3.8, 4) is 0 Å². The van der Waals surface area contributed by atoms with Crippen LogP contribution in [0.4, 0.5) is 30.7 Å². The lowest BCUT2D eigenvalue weighted by Gasteiger charge is -2.35.